The van der Waals surface area contributed by atoms with E-state index in [9.17, 15) is 17.6 Å². The van der Waals surface area contributed by atoms with E-state index in [4.69, 9.17) is 0 Å². The molecule has 8 heteroatoms. The van der Waals surface area contributed by atoms with Crippen LogP contribution in [0.25, 0.3) is 0 Å². The lowest BCUT2D eigenvalue weighted by Gasteiger charge is -2.10. The van der Waals surface area contributed by atoms with Crippen molar-refractivity contribution in [3.8, 4) is 0 Å². The summed E-state index contributed by atoms with van der Waals surface area (Å²) in [5, 5.41) is 2.68. The Kier molecular flexibility index (Phi) is 5.46. The van der Waals surface area contributed by atoms with Crippen LogP contribution in [0.4, 0.5) is 10.1 Å². The summed E-state index contributed by atoms with van der Waals surface area (Å²) in [4.78, 5) is 16.3. The molecule has 2 N–H and O–H groups in total. The van der Waals surface area contributed by atoms with Gasteiger partial charge in [-0.25, -0.2) is 12.8 Å². The van der Waals surface area contributed by atoms with Gasteiger partial charge >= 0.3 is 0 Å². The Hall–Kier alpha value is -3.26. The molecule has 0 spiro atoms. The topological polar surface area (TPSA) is 88.2 Å². The van der Waals surface area contributed by atoms with Crippen molar-refractivity contribution in [1.82, 2.24) is 10.3 Å². The molecule has 0 aliphatic carbocycles. The predicted molar refractivity (Wildman–Crippen MR) is 99.1 cm³/mol. The molecule has 0 saturated carbocycles. The molecule has 6 nitrogen and oxygen atoms in total. The van der Waals surface area contributed by atoms with Crippen LogP contribution in [-0.4, -0.2) is 19.3 Å². The second-order valence-corrected chi connectivity index (χ2v) is 7.30. The van der Waals surface area contributed by atoms with E-state index >= 15 is 0 Å². The van der Waals surface area contributed by atoms with E-state index in [2.05, 4.69) is 15.0 Å². The summed E-state index contributed by atoms with van der Waals surface area (Å²) >= 11 is 0. The van der Waals surface area contributed by atoms with Crippen molar-refractivity contribution >= 4 is 21.6 Å². The number of pyridine rings is 1. The lowest BCUT2D eigenvalue weighted by atomic mass is 10.2. The van der Waals surface area contributed by atoms with Crippen molar-refractivity contribution in [3.63, 3.8) is 0 Å². The molecule has 0 saturated heterocycles. The van der Waals surface area contributed by atoms with Gasteiger partial charge in [-0.05, 0) is 42.5 Å². The quantitative estimate of drug-likeness (QED) is 0.683. The van der Waals surface area contributed by atoms with Crippen LogP contribution in [0.3, 0.4) is 0 Å². The van der Waals surface area contributed by atoms with Crippen molar-refractivity contribution in [2.45, 2.75) is 11.4 Å². The number of amides is 1. The normalized spacial score (nSPS) is 11.0. The number of nitrogens with one attached hydrogen (secondary N) is 2. The van der Waals surface area contributed by atoms with Gasteiger partial charge in [0.15, 0.2) is 0 Å². The Balaban J connectivity index is 1.76. The third-order valence-corrected chi connectivity index (χ3v) is 5.04. The van der Waals surface area contributed by atoms with Crippen LogP contribution in [0.2, 0.25) is 0 Å². The Morgan fingerprint density at radius 3 is 2.52 bits per heavy atom. The molecule has 0 unspecified atom stereocenters. The molecule has 0 fully saturated rings. The van der Waals surface area contributed by atoms with Crippen LogP contribution >= 0.6 is 0 Å². The number of sulfonamides is 1. The highest BCUT2D eigenvalue weighted by molar-refractivity contribution is 7.92. The number of halogens is 1. The zero-order chi connectivity index (χ0) is 19.3. The monoisotopic (exact) mass is 385 g/mol. The van der Waals surface area contributed by atoms with E-state index in [1.54, 1.807) is 24.4 Å². The molecule has 27 heavy (non-hydrogen) atoms. The molecule has 1 heterocycles. The number of rotatable bonds is 6. The number of carbonyl (C=O) groups is 1. The minimum absolute atomic E-state index is 0.142. The van der Waals surface area contributed by atoms with Crippen LogP contribution in [0.5, 0.6) is 0 Å². The number of para-hydroxylation sites is 1. The molecular weight excluding hydrogens is 369 g/mol. The molecule has 1 aromatic heterocycles. The van der Waals surface area contributed by atoms with Crippen LogP contribution < -0.4 is 10.0 Å². The van der Waals surface area contributed by atoms with Gasteiger partial charge < -0.3 is 5.32 Å². The minimum Gasteiger partial charge on any atom is -0.346 e. The van der Waals surface area contributed by atoms with Crippen LogP contribution in [0, 0.1) is 5.82 Å². The summed E-state index contributed by atoms with van der Waals surface area (Å²) < 4.78 is 40.9. The van der Waals surface area contributed by atoms with Gasteiger partial charge in [0, 0.05) is 11.8 Å². The highest BCUT2D eigenvalue weighted by Crippen LogP contribution is 2.19. The summed E-state index contributed by atoms with van der Waals surface area (Å²) in [7, 11) is -4.04. The molecule has 0 radical (unpaired) electrons. The van der Waals surface area contributed by atoms with Crippen LogP contribution in [-0.2, 0) is 16.6 Å². The van der Waals surface area contributed by atoms with Gasteiger partial charge in [0.2, 0.25) is 0 Å². The number of aromatic nitrogens is 1. The molecule has 1 amide bonds. The van der Waals surface area contributed by atoms with E-state index in [-0.39, 0.29) is 22.7 Å². The molecular formula is C19H16FN3O3S. The molecule has 138 valence electrons. The van der Waals surface area contributed by atoms with Crippen LogP contribution in [0.1, 0.15) is 16.1 Å². The number of hydrogen-bond acceptors (Lipinski definition) is 4. The zero-order valence-electron chi connectivity index (χ0n) is 14.1. The first-order valence-corrected chi connectivity index (χ1v) is 9.49. The van der Waals surface area contributed by atoms with Crippen molar-refractivity contribution in [3.05, 3.63) is 90.0 Å². The summed E-state index contributed by atoms with van der Waals surface area (Å²) in [6.07, 6.45) is 1.61. The standard InChI is InChI=1S/C19H16FN3O3S/c20-17-9-1-2-10-18(17)23-27(25,26)16-8-5-6-14(12-16)19(24)22-13-15-7-3-4-11-21-15/h1-12,23H,13H2,(H,22,24). The van der Waals surface area contributed by atoms with Crippen molar-refractivity contribution in [2.24, 2.45) is 0 Å². The lowest BCUT2D eigenvalue weighted by Crippen LogP contribution is -2.23. The maximum Gasteiger partial charge on any atom is 0.262 e. The van der Waals surface area contributed by atoms with Crippen molar-refractivity contribution in [2.75, 3.05) is 4.72 Å². The fraction of sp³-hybridized carbons (Fsp3) is 0.0526. The zero-order valence-corrected chi connectivity index (χ0v) is 14.9. The number of nitrogens with zero attached hydrogens (tertiary/aromatic N) is 1. The van der Waals surface area contributed by atoms with E-state index < -0.39 is 21.7 Å². The SMILES string of the molecule is O=C(NCc1ccccn1)c1cccc(S(=O)(=O)Nc2ccccc2F)c1. The summed E-state index contributed by atoms with van der Waals surface area (Å²) in [6.45, 7) is 0.212. The van der Waals surface area contributed by atoms with E-state index in [1.165, 1.54) is 42.5 Å². The molecule has 0 atom stereocenters. The Morgan fingerprint density at radius 2 is 1.78 bits per heavy atom. The molecule has 3 aromatic rings. The Bertz CT molecular complexity index is 1060. The number of anilines is 1. The number of hydrogen-bond donors (Lipinski definition) is 2. The predicted octanol–water partition coefficient (Wildman–Crippen LogP) is 2.95. The number of carbonyl (C=O) groups excluding carboxylic acids is 1. The molecule has 0 aliphatic rings. The maximum absolute atomic E-state index is 13.7. The first kappa shape index (κ1) is 18.5. The second kappa shape index (κ2) is 7.96. The van der Waals surface area contributed by atoms with Gasteiger partial charge in [0.25, 0.3) is 15.9 Å². The largest absolute Gasteiger partial charge is 0.346 e. The molecule has 0 bridgehead atoms. The maximum atomic E-state index is 13.7. The fourth-order valence-corrected chi connectivity index (χ4v) is 3.44. The molecule has 3 rings (SSSR count). The minimum atomic E-state index is -4.04. The van der Waals surface area contributed by atoms with Crippen molar-refractivity contribution < 1.29 is 17.6 Å². The van der Waals surface area contributed by atoms with Gasteiger partial charge in [-0.1, -0.05) is 24.3 Å². The van der Waals surface area contributed by atoms with Gasteiger partial charge in [-0.15, -0.1) is 0 Å². The smallest absolute Gasteiger partial charge is 0.262 e. The third-order valence-electron chi connectivity index (χ3n) is 3.68. The first-order valence-electron chi connectivity index (χ1n) is 8.01. The highest BCUT2D eigenvalue weighted by atomic mass is 32.2. The van der Waals surface area contributed by atoms with Crippen LogP contribution in [0.15, 0.2) is 77.8 Å². The fourth-order valence-electron chi connectivity index (χ4n) is 2.33. The van der Waals surface area contributed by atoms with E-state index in [0.29, 0.717) is 5.69 Å². The first-order chi connectivity index (χ1) is 13.0. The number of benzene rings is 2. The lowest BCUT2D eigenvalue weighted by molar-refractivity contribution is 0.0950. The molecule has 0 aliphatic heterocycles. The third kappa shape index (κ3) is 4.68. The second-order valence-electron chi connectivity index (χ2n) is 5.62. The highest BCUT2D eigenvalue weighted by Gasteiger charge is 2.18. The summed E-state index contributed by atoms with van der Waals surface area (Å²) in [5.41, 5.74) is 0.681. The average Bonchev–Trinajstić information content (AvgIpc) is 2.69. The summed E-state index contributed by atoms with van der Waals surface area (Å²) in [6, 6.07) is 16.3. The Morgan fingerprint density at radius 1 is 1.00 bits per heavy atom. The van der Waals surface area contributed by atoms with E-state index in [0.717, 1.165) is 6.07 Å². The van der Waals surface area contributed by atoms with Crippen molar-refractivity contribution in [1.29, 1.82) is 0 Å². The Labute approximate surface area is 156 Å². The van der Waals surface area contributed by atoms with Gasteiger partial charge in [0.1, 0.15) is 5.82 Å². The van der Waals surface area contributed by atoms with E-state index in [1.807, 2.05) is 0 Å². The summed E-state index contributed by atoms with van der Waals surface area (Å²) in [5.74, 6) is -1.13. The average molecular weight is 385 g/mol. The molecule has 2 aromatic carbocycles. The van der Waals surface area contributed by atoms with Gasteiger partial charge in [-0.2, -0.15) is 0 Å². The van der Waals surface area contributed by atoms with Gasteiger partial charge in [-0.3, -0.25) is 14.5 Å². The van der Waals surface area contributed by atoms with Gasteiger partial charge in [0.05, 0.1) is 22.8 Å².